The number of amides is 1. The number of carbonyl (C=O) groups excluding carboxylic acids is 1. The van der Waals surface area contributed by atoms with Crippen molar-refractivity contribution in [2.45, 2.75) is 77.2 Å². The summed E-state index contributed by atoms with van der Waals surface area (Å²) in [6.07, 6.45) is 0.874. The highest BCUT2D eigenvalue weighted by atomic mass is 79.9. The van der Waals surface area contributed by atoms with Crippen LogP contribution in [0.4, 0.5) is 13.2 Å². The van der Waals surface area contributed by atoms with Crippen LogP contribution in [0.5, 0.6) is 0 Å². The fourth-order valence-corrected chi connectivity index (χ4v) is 6.86. The molecule has 0 spiro atoms. The molecule has 1 amide bonds. The molecule has 0 radical (unpaired) electrons. The van der Waals surface area contributed by atoms with Crippen LogP contribution in [-0.4, -0.2) is 23.4 Å². The van der Waals surface area contributed by atoms with Crippen LogP contribution in [0.15, 0.2) is 40.9 Å². The summed E-state index contributed by atoms with van der Waals surface area (Å²) in [5, 5.41) is 3.85. The Labute approximate surface area is 213 Å². The van der Waals surface area contributed by atoms with Crippen LogP contribution >= 0.6 is 15.9 Å². The summed E-state index contributed by atoms with van der Waals surface area (Å²) in [6, 6.07) is 11.0. The Bertz CT molecular complexity index is 1130. The van der Waals surface area contributed by atoms with Gasteiger partial charge in [0.05, 0.1) is 11.0 Å². The molecule has 1 N–H and O–H groups in total. The second kappa shape index (κ2) is 9.22. The van der Waals surface area contributed by atoms with E-state index in [0.29, 0.717) is 24.6 Å². The van der Waals surface area contributed by atoms with E-state index < -0.39 is 17.2 Å². The number of benzene rings is 2. The van der Waals surface area contributed by atoms with Crippen LogP contribution in [-0.2, 0) is 30.4 Å². The van der Waals surface area contributed by atoms with E-state index >= 15 is 0 Å². The first-order valence-electron chi connectivity index (χ1n) is 12.6. The Hall–Kier alpha value is -1.86. The third kappa shape index (κ3) is 4.66. The molecule has 3 aliphatic rings. The van der Waals surface area contributed by atoms with Gasteiger partial charge in [0.15, 0.2) is 0 Å². The Morgan fingerprint density at radius 1 is 1.09 bits per heavy atom. The van der Waals surface area contributed by atoms with E-state index in [0.717, 1.165) is 48.2 Å². The average molecular weight is 549 g/mol. The summed E-state index contributed by atoms with van der Waals surface area (Å²) >= 11 is 3.56. The number of hydrogen-bond acceptors (Lipinski definition) is 2. The number of halogens is 4. The van der Waals surface area contributed by atoms with Gasteiger partial charge in [-0.15, -0.1) is 0 Å². The molecule has 188 valence electrons. The predicted octanol–water partition coefficient (Wildman–Crippen LogP) is 6.82. The lowest BCUT2D eigenvalue weighted by Gasteiger charge is -2.40. The molecular weight excluding hydrogens is 517 g/mol. The maximum absolute atomic E-state index is 13.9. The molecule has 1 saturated carbocycles. The van der Waals surface area contributed by atoms with E-state index in [-0.39, 0.29) is 24.4 Å². The van der Waals surface area contributed by atoms with Crippen LogP contribution in [0.2, 0.25) is 0 Å². The van der Waals surface area contributed by atoms with E-state index in [1.807, 2.05) is 4.90 Å². The number of rotatable bonds is 4. The summed E-state index contributed by atoms with van der Waals surface area (Å²) in [5.74, 6) is 0.271. The van der Waals surface area contributed by atoms with E-state index in [1.54, 1.807) is 6.07 Å². The number of nitrogens with one attached hydrogen (secondary N) is 1. The highest BCUT2D eigenvalue weighted by molar-refractivity contribution is 9.10. The molecule has 7 heteroatoms. The number of nitrogens with zero attached hydrogens (tertiary/aromatic N) is 1. The zero-order chi connectivity index (χ0) is 25.0. The Balaban J connectivity index is 1.31. The molecular formula is C28H32BrF3N2O. The lowest BCUT2D eigenvalue weighted by Crippen LogP contribution is -2.48. The number of aryl methyl sites for hydroxylation is 1. The summed E-state index contributed by atoms with van der Waals surface area (Å²) < 4.78 is 40.9. The first-order valence-corrected chi connectivity index (χ1v) is 13.4. The number of alkyl halides is 3. The summed E-state index contributed by atoms with van der Waals surface area (Å²) in [6.45, 7) is 5.05. The van der Waals surface area contributed by atoms with Gasteiger partial charge in [-0.3, -0.25) is 4.79 Å². The summed E-state index contributed by atoms with van der Waals surface area (Å²) in [7, 11) is 0. The zero-order valence-corrected chi connectivity index (χ0v) is 21.8. The van der Waals surface area contributed by atoms with E-state index in [9.17, 15) is 18.0 Å². The molecule has 1 aliphatic heterocycles. The minimum Gasteiger partial charge on any atom is -0.338 e. The van der Waals surface area contributed by atoms with Crippen molar-refractivity contribution in [3.8, 4) is 0 Å². The van der Waals surface area contributed by atoms with Gasteiger partial charge in [0.1, 0.15) is 0 Å². The monoisotopic (exact) mass is 548 g/mol. The van der Waals surface area contributed by atoms with Crippen molar-refractivity contribution in [2.75, 3.05) is 6.54 Å². The van der Waals surface area contributed by atoms with Crippen molar-refractivity contribution >= 4 is 21.8 Å². The molecule has 2 aromatic rings. The minimum atomic E-state index is -4.38. The smallest absolute Gasteiger partial charge is 0.338 e. The standard InChI is InChI=1S/C28H32BrF3N2O/c1-17(2)27(11-9-23(15-27)33-25-8-4-19-14-22(29)6-7-24(19)25)26(35)34-12-10-18-3-5-21(28(30,31)32)13-20(18)16-34/h3,5-7,13-14,17,23,25,33H,4,8-12,15-16H2,1-2H3/t23-,25+,27+/m1/s1. The molecule has 2 aromatic carbocycles. The van der Waals surface area contributed by atoms with Crippen LogP contribution in [0.3, 0.4) is 0 Å². The molecule has 1 fully saturated rings. The third-order valence-corrected chi connectivity index (χ3v) is 9.03. The first kappa shape index (κ1) is 24.8. The normalized spacial score (nSPS) is 26.2. The van der Waals surface area contributed by atoms with Crippen molar-refractivity contribution in [1.29, 1.82) is 0 Å². The summed E-state index contributed by atoms with van der Waals surface area (Å²) in [5.41, 5.74) is 3.16. The molecule has 3 atom stereocenters. The molecule has 0 saturated heterocycles. The Morgan fingerprint density at radius 3 is 2.63 bits per heavy atom. The summed E-state index contributed by atoms with van der Waals surface area (Å²) in [4.78, 5) is 15.8. The molecule has 0 unspecified atom stereocenters. The molecule has 3 nitrogen and oxygen atoms in total. The maximum Gasteiger partial charge on any atom is 0.416 e. The van der Waals surface area contributed by atoms with Crippen molar-refractivity contribution in [2.24, 2.45) is 11.3 Å². The molecule has 2 aliphatic carbocycles. The largest absolute Gasteiger partial charge is 0.416 e. The van der Waals surface area contributed by atoms with Gasteiger partial charge in [-0.1, -0.05) is 41.9 Å². The lowest BCUT2D eigenvalue weighted by atomic mass is 9.73. The zero-order valence-electron chi connectivity index (χ0n) is 20.2. The van der Waals surface area contributed by atoms with Crippen LogP contribution in [0, 0.1) is 11.3 Å². The van der Waals surface area contributed by atoms with Crippen molar-refractivity contribution in [1.82, 2.24) is 10.2 Å². The second-order valence-corrected chi connectivity index (χ2v) is 11.7. The number of carbonyl (C=O) groups is 1. The van der Waals surface area contributed by atoms with Gasteiger partial charge in [0.25, 0.3) is 0 Å². The van der Waals surface area contributed by atoms with Gasteiger partial charge in [-0.2, -0.15) is 13.2 Å². The van der Waals surface area contributed by atoms with Crippen molar-refractivity contribution < 1.29 is 18.0 Å². The molecule has 35 heavy (non-hydrogen) atoms. The van der Waals surface area contributed by atoms with Gasteiger partial charge >= 0.3 is 6.18 Å². The topological polar surface area (TPSA) is 32.3 Å². The Morgan fingerprint density at radius 2 is 1.89 bits per heavy atom. The predicted molar refractivity (Wildman–Crippen MR) is 134 cm³/mol. The van der Waals surface area contributed by atoms with E-state index in [1.165, 1.54) is 17.2 Å². The quantitative estimate of drug-likeness (QED) is 0.454. The van der Waals surface area contributed by atoms with Crippen LogP contribution < -0.4 is 5.32 Å². The number of hydrogen-bond donors (Lipinski definition) is 1. The van der Waals surface area contributed by atoms with Crippen molar-refractivity contribution in [3.05, 3.63) is 68.7 Å². The van der Waals surface area contributed by atoms with Gasteiger partial charge in [-0.05, 0) is 91.0 Å². The number of fused-ring (bicyclic) bond motifs is 2. The van der Waals surface area contributed by atoms with Crippen LogP contribution in [0.25, 0.3) is 0 Å². The maximum atomic E-state index is 13.9. The SMILES string of the molecule is CC(C)[C@]1(C(=O)N2CCc3ccc(C(F)(F)F)cc3C2)CC[C@@H](N[C@H]2CCc3cc(Br)ccc32)C1. The highest BCUT2D eigenvalue weighted by Gasteiger charge is 2.50. The lowest BCUT2D eigenvalue weighted by molar-refractivity contribution is -0.145. The third-order valence-electron chi connectivity index (χ3n) is 8.53. The first-order chi connectivity index (χ1) is 16.6. The fourth-order valence-electron chi connectivity index (χ4n) is 6.45. The Kier molecular flexibility index (Phi) is 6.54. The second-order valence-electron chi connectivity index (χ2n) is 10.8. The molecule has 1 heterocycles. The average Bonchev–Trinajstić information content (AvgIpc) is 3.42. The molecule has 0 aromatic heterocycles. The van der Waals surface area contributed by atoms with Gasteiger partial charge in [-0.25, -0.2) is 0 Å². The van der Waals surface area contributed by atoms with Gasteiger partial charge in [0.2, 0.25) is 5.91 Å². The van der Waals surface area contributed by atoms with Crippen LogP contribution in [0.1, 0.15) is 73.4 Å². The van der Waals surface area contributed by atoms with E-state index in [4.69, 9.17) is 0 Å². The fraction of sp³-hybridized carbons (Fsp3) is 0.536. The molecule has 5 rings (SSSR count). The highest BCUT2D eigenvalue weighted by Crippen LogP contribution is 2.47. The minimum absolute atomic E-state index is 0.107. The van der Waals surface area contributed by atoms with Gasteiger partial charge in [0, 0.05) is 29.6 Å². The van der Waals surface area contributed by atoms with E-state index in [2.05, 4.69) is 53.3 Å². The van der Waals surface area contributed by atoms with Crippen molar-refractivity contribution in [3.63, 3.8) is 0 Å². The van der Waals surface area contributed by atoms with Gasteiger partial charge < -0.3 is 10.2 Å². The molecule has 0 bridgehead atoms.